The highest BCUT2D eigenvalue weighted by Crippen LogP contribution is 2.48. The van der Waals surface area contributed by atoms with Crippen molar-refractivity contribution >= 4 is 17.5 Å². The zero-order chi connectivity index (χ0) is 27.4. The van der Waals surface area contributed by atoms with Crippen molar-refractivity contribution in [2.75, 3.05) is 7.05 Å². The fourth-order valence-corrected chi connectivity index (χ4v) is 3.85. The Morgan fingerprint density at radius 1 is 1.22 bits per heavy atom. The molecule has 200 valence electrons. The number of nitrogens with zero attached hydrogens (tertiary/aromatic N) is 5. The summed E-state index contributed by atoms with van der Waals surface area (Å²) in [6, 6.07) is 2.02. The summed E-state index contributed by atoms with van der Waals surface area (Å²) in [5, 5.41) is 6.65. The van der Waals surface area contributed by atoms with Crippen molar-refractivity contribution in [1.82, 2.24) is 24.5 Å². The lowest BCUT2D eigenvalue weighted by Crippen LogP contribution is -2.34. The molecule has 1 aromatic carbocycles. The molecular weight excluding hydrogens is 542 g/mol. The summed E-state index contributed by atoms with van der Waals surface area (Å²) < 4.78 is 113. The van der Waals surface area contributed by atoms with Gasteiger partial charge in [-0.1, -0.05) is 11.6 Å². The van der Waals surface area contributed by atoms with Crippen LogP contribution in [-0.4, -0.2) is 56.2 Å². The van der Waals surface area contributed by atoms with Gasteiger partial charge in [-0.15, -0.1) is 0 Å². The van der Waals surface area contributed by atoms with Gasteiger partial charge in [0.15, 0.2) is 17.3 Å². The number of amides is 1. The van der Waals surface area contributed by atoms with Crippen LogP contribution < -0.4 is 4.74 Å². The van der Waals surface area contributed by atoms with E-state index in [1.54, 1.807) is 7.05 Å². The van der Waals surface area contributed by atoms with Crippen molar-refractivity contribution in [2.24, 2.45) is 7.05 Å². The van der Waals surface area contributed by atoms with E-state index in [9.17, 15) is 39.9 Å². The summed E-state index contributed by atoms with van der Waals surface area (Å²) in [6.45, 7) is -3.79. The van der Waals surface area contributed by atoms with E-state index >= 15 is 0 Å². The zero-order valence-corrected chi connectivity index (χ0v) is 19.6. The first-order valence-corrected chi connectivity index (χ1v) is 10.8. The third kappa shape index (κ3) is 4.83. The van der Waals surface area contributed by atoms with Gasteiger partial charge < -0.3 is 9.64 Å². The average molecular weight is 558 g/mol. The molecule has 37 heavy (non-hydrogen) atoms. The number of alkyl halides is 7. The van der Waals surface area contributed by atoms with Gasteiger partial charge in [-0.2, -0.15) is 40.9 Å². The molecule has 1 amide bonds. The Labute approximate surface area is 208 Å². The Kier molecular flexibility index (Phi) is 6.63. The monoisotopic (exact) mass is 557 g/mol. The number of halogens is 9. The smallest absolute Gasteiger partial charge is 0.428 e. The number of aromatic nitrogens is 4. The molecule has 7 nitrogen and oxygen atoms in total. The van der Waals surface area contributed by atoms with Crippen molar-refractivity contribution in [2.45, 2.75) is 37.6 Å². The van der Waals surface area contributed by atoms with Crippen LogP contribution in [0, 0.1) is 5.82 Å². The molecule has 0 N–H and O–H groups in total. The van der Waals surface area contributed by atoms with E-state index in [0.29, 0.717) is 9.36 Å². The van der Waals surface area contributed by atoms with Crippen LogP contribution in [0.1, 0.15) is 28.9 Å². The summed E-state index contributed by atoms with van der Waals surface area (Å²) in [7, 11) is 2.46. The minimum atomic E-state index is -6.17. The Balaban J connectivity index is 1.80. The predicted octanol–water partition coefficient (Wildman–Crippen LogP) is 5.56. The average Bonchev–Trinajstić information content (AvgIpc) is 3.44. The van der Waals surface area contributed by atoms with Crippen LogP contribution in [0.15, 0.2) is 24.5 Å². The van der Waals surface area contributed by atoms with Crippen LogP contribution in [0.4, 0.5) is 35.1 Å². The van der Waals surface area contributed by atoms with E-state index in [4.69, 9.17) is 11.6 Å². The van der Waals surface area contributed by atoms with Gasteiger partial charge in [0.2, 0.25) is 0 Å². The first kappa shape index (κ1) is 26.7. The zero-order valence-electron chi connectivity index (χ0n) is 18.8. The van der Waals surface area contributed by atoms with Crippen LogP contribution in [0.3, 0.4) is 0 Å². The first-order chi connectivity index (χ1) is 17.1. The molecular formula is C21H16ClF8N5O2. The van der Waals surface area contributed by atoms with E-state index in [1.807, 2.05) is 0 Å². The van der Waals surface area contributed by atoms with Gasteiger partial charge in [0, 0.05) is 37.5 Å². The molecule has 0 spiro atoms. The molecule has 2 heterocycles. The van der Waals surface area contributed by atoms with Crippen molar-refractivity contribution in [3.63, 3.8) is 0 Å². The highest BCUT2D eigenvalue weighted by molar-refractivity contribution is 6.34. The minimum absolute atomic E-state index is 0.0157. The standard InChI is InChI=1S/C21H16ClF8N5O2/c1-33(10-3-4-10)18(36)12-5-11(14(23)6-13(12)22)9-7-31-35(8-9)17-15(37-19(24)25)16(32-34(17)2)20(26,27)21(28,29)30/h5-8,10,19H,3-4H2,1-2H3. The molecule has 3 aromatic rings. The van der Waals surface area contributed by atoms with E-state index in [1.165, 1.54) is 4.90 Å². The van der Waals surface area contributed by atoms with E-state index < -0.39 is 47.7 Å². The number of hydrogen-bond donors (Lipinski definition) is 0. The molecule has 0 atom stereocenters. The maximum atomic E-state index is 14.8. The molecule has 0 bridgehead atoms. The summed E-state index contributed by atoms with van der Waals surface area (Å²) in [6.07, 6.45) is -2.65. The third-order valence-corrected chi connectivity index (χ3v) is 5.96. The molecule has 1 saturated carbocycles. The predicted molar refractivity (Wildman–Crippen MR) is 112 cm³/mol. The molecule has 0 saturated heterocycles. The highest BCUT2D eigenvalue weighted by atomic mass is 35.5. The Morgan fingerprint density at radius 2 is 1.86 bits per heavy atom. The normalized spacial score (nSPS) is 14.4. The lowest BCUT2D eigenvalue weighted by atomic mass is 10.0. The molecule has 1 fully saturated rings. The first-order valence-electron chi connectivity index (χ1n) is 10.4. The molecule has 1 aliphatic rings. The number of ether oxygens (including phenoxy) is 1. The second-order valence-corrected chi connectivity index (χ2v) is 8.62. The summed E-state index contributed by atoms with van der Waals surface area (Å²) in [5.74, 6) is -9.43. The number of carbonyl (C=O) groups excluding carboxylic acids is 1. The Hall–Kier alpha value is -3.36. The number of carbonyl (C=O) groups is 1. The van der Waals surface area contributed by atoms with Crippen LogP contribution >= 0.6 is 11.6 Å². The second-order valence-electron chi connectivity index (χ2n) is 8.21. The van der Waals surface area contributed by atoms with Gasteiger partial charge in [0.1, 0.15) is 5.82 Å². The van der Waals surface area contributed by atoms with E-state index in [2.05, 4.69) is 14.9 Å². The maximum Gasteiger partial charge on any atom is 0.459 e. The van der Waals surface area contributed by atoms with Crippen molar-refractivity contribution in [3.05, 3.63) is 46.6 Å². The third-order valence-electron chi connectivity index (χ3n) is 5.65. The molecule has 2 aromatic heterocycles. The van der Waals surface area contributed by atoms with Gasteiger partial charge in [-0.25, -0.2) is 13.8 Å². The minimum Gasteiger partial charge on any atom is -0.428 e. The fraction of sp³-hybridized carbons (Fsp3) is 0.381. The molecule has 0 radical (unpaired) electrons. The molecule has 0 unspecified atom stereocenters. The van der Waals surface area contributed by atoms with Gasteiger partial charge in [0.25, 0.3) is 5.91 Å². The lowest BCUT2D eigenvalue weighted by Gasteiger charge is -2.18. The molecule has 0 aliphatic heterocycles. The van der Waals surface area contributed by atoms with E-state index in [-0.39, 0.29) is 27.8 Å². The van der Waals surface area contributed by atoms with Gasteiger partial charge >= 0.3 is 18.7 Å². The van der Waals surface area contributed by atoms with Crippen molar-refractivity contribution < 1.29 is 44.7 Å². The molecule has 4 rings (SSSR count). The summed E-state index contributed by atoms with van der Waals surface area (Å²) in [5.41, 5.74) is -2.45. The number of hydrogen-bond acceptors (Lipinski definition) is 4. The van der Waals surface area contributed by atoms with Gasteiger partial charge in [-0.3, -0.25) is 4.79 Å². The fourth-order valence-electron chi connectivity index (χ4n) is 3.61. The van der Waals surface area contributed by atoms with Crippen molar-refractivity contribution in [1.29, 1.82) is 0 Å². The number of rotatable bonds is 7. The Morgan fingerprint density at radius 3 is 2.43 bits per heavy atom. The number of benzene rings is 1. The largest absolute Gasteiger partial charge is 0.459 e. The topological polar surface area (TPSA) is 65.2 Å². The number of aryl methyl sites for hydroxylation is 1. The highest BCUT2D eigenvalue weighted by Gasteiger charge is 2.62. The summed E-state index contributed by atoms with van der Waals surface area (Å²) in [4.78, 5) is 14.2. The summed E-state index contributed by atoms with van der Waals surface area (Å²) >= 11 is 6.06. The second kappa shape index (κ2) is 9.19. The van der Waals surface area contributed by atoms with Crippen LogP contribution in [0.5, 0.6) is 5.75 Å². The maximum absolute atomic E-state index is 14.8. The SMILES string of the molecule is CN(C(=O)c1cc(-c2cnn(-c3c(OC(F)F)c(C(F)(F)C(F)(F)F)nn3C)c2)c(F)cc1Cl)C1CC1. The van der Waals surface area contributed by atoms with Gasteiger partial charge in [-0.05, 0) is 25.0 Å². The molecule has 1 aliphatic carbocycles. The van der Waals surface area contributed by atoms with Crippen LogP contribution in [0.25, 0.3) is 16.9 Å². The Bertz CT molecular complexity index is 1350. The quantitative estimate of drug-likeness (QED) is 0.357. The van der Waals surface area contributed by atoms with Crippen LogP contribution in [0.2, 0.25) is 5.02 Å². The van der Waals surface area contributed by atoms with E-state index in [0.717, 1.165) is 44.4 Å². The van der Waals surface area contributed by atoms with Crippen molar-refractivity contribution in [3.8, 4) is 22.7 Å². The molecule has 16 heteroatoms. The lowest BCUT2D eigenvalue weighted by molar-refractivity contribution is -0.291. The van der Waals surface area contributed by atoms with Crippen LogP contribution in [-0.2, 0) is 13.0 Å². The van der Waals surface area contributed by atoms with Gasteiger partial charge in [0.05, 0.1) is 16.8 Å².